The minimum atomic E-state index is -0.386. The molecule has 4 aromatic rings. The van der Waals surface area contributed by atoms with Crippen molar-refractivity contribution in [1.82, 2.24) is 29.2 Å². The molecule has 3 aromatic heterocycles. The Labute approximate surface area is 194 Å². The largest absolute Gasteiger partial charge is 0.350 e. The van der Waals surface area contributed by atoms with E-state index in [0.29, 0.717) is 22.1 Å². The molecule has 170 valence electrons. The third-order valence-electron chi connectivity index (χ3n) is 6.07. The zero-order valence-corrected chi connectivity index (χ0v) is 18.9. The number of piperidine rings is 1. The number of benzene rings is 1. The van der Waals surface area contributed by atoms with E-state index in [2.05, 4.69) is 22.2 Å². The Balaban J connectivity index is 1.46. The number of carbonyl (C=O) groups is 1. The second-order valence-corrected chi connectivity index (χ2v) is 8.57. The van der Waals surface area contributed by atoms with E-state index in [4.69, 9.17) is 16.1 Å². The Morgan fingerprint density at radius 1 is 1.21 bits per heavy atom. The van der Waals surface area contributed by atoms with Crippen molar-refractivity contribution in [2.75, 3.05) is 6.54 Å². The Kier molecular flexibility index (Phi) is 5.72. The molecule has 10 heteroatoms. The van der Waals surface area contributed by atoms with E-state index < -0.39 is 0 Å². The fourth-order valence-corrected chi connectivity index (χ4v) is 4.46. The summed E-state index contributed by atoms with van der Waals surface area (Å²) in [6.45, 7) is 2.71. The molecule has 0 N–H and O–H groups in total. The first kappa shape index (κ1) is 21.4. The van der Waals surface area contributed by atoms with Gasteiger partial charge in [-0.05, 0) is 62.1 Å². The molecule has 1 amide bonds. The van der Waals surface area contributed by atoms with Gasteiger partial charge in [0.05, 0.1) is 5.56 Å². The summed E-state index contributed by atoms with van der Waals surface area (Å²) in [6, 6.07) is 10.8. The fourth-order valence-electron chi connectivity index (χ4n) is 4.33. The molecule has 0 bridgehead atoms. The number of hydrogen-bond donors (Lipinski definition) is 0. The van der Waals surface area contributed by atoms with Crippen molar-refractivity contribution in [3.8, 4) is 22.8 Å². The zero-order valence-electron chi connectivity index (χ0n) is 18.1. The van der Waals surface area contributed by atoms with Crippen molar-refractivity contribution in [1.29, 1.82) is 0 Å². The Morgan fingerprint density at radius 3 is 2.82 bits per heavy atom. The summed E-state index contributed by atoms with van der Waals surface area (Å²) < 4.78 is 8.06. The quantitative estimate of drug-likeness (QED) is 0.445. The highest BCUT2D eigenvalue weighted by Gasteiger charge is 2.26. The molecule has 0 radical (unpaired) electrons. The highest BCUT2D eigenvalue weighted by Crippen LogP contribution is 2.25. The van der Waals surface area contributed by atoms with Gasteiger partial charge in [0.15, 0.2) is 5.65 Å². The van der Waals surface area contributed by atoms with Crippen molar-refractivity contribution >= 4 is 23.2 Å². The van der Waals surface area contributed by atoms with E-state index in [0.717, 1.165) is 37.8 Å². The van der Waals surface area contributed by atoms with Crippen LogP contribution in [0.2, 0.25) is 5.02 Å². The van der Waals surface area contributed by atoms with Crippen LogP contribution in [-0.4, -0.2) is 47.7 Å². The van der Waals surface area contributed by atoms with E-state index in [1.807, 2.05) is 4.90 Å². The number of aromatic nitrogens is 5. The first-order chi connectivity index (χ1) is 16.0. The predicted molar refractivity (Wildman–Crippen MR) is 123 cm³/mol. The van der Waals surface area contributed by atoms with E-state index in [1.54, 1.807) is 42.6 Å². The first-order valence-corrected chi connectivity index (χ1v) is 11.4. The molecular weight excluding hydrogens is 444 g/mol. The number of fused-ring (bicyclic) bond motifs is 1. The van der Waals surface area contributed by atoms with Gasteiger partial charge in [0.25, 0.3) is 5.89 Å². The van der Waals surface area contributed by atoms with E-state index in [1.165, 1.54) is 9.08 Å². The van der Waals surface area contributed by atoms with Gasteiger partial charge in [0.1, 0.15) is 6.54 Å². The molecule has 0 spiro atoms. The molecule has 9 nitrogen and oxygen atoms in total. The second kappa shape index (κ2) is 8.82. The van der Waals surface area contributed by atoms with Crippen LogP contribution in [0.15, 0.2) is 51.9 Å². The summed E-state index contributed by atoms with van der Waals surface area (Å²) in [7, 11) is 0. The highest BCUT2D eigenvalue weighted by atomic mass is 35.5. The molecule has 1 aliphatic rings. The van der Waals surface area contributed by atoms with Crippen LogP contribution < -0.4 is 5.69 Å². The standard InChI is InChI=1S/C23H23ClN6O3/c1-2-17-6-3-4-12-28(17)19(31)14-30-23(32)29-13-5-7-18(21(29)26-30)22-25-20(27-33-22)15-8-10-16(24)11-9-15/h5,7-11,13,17H,2-4,6,12,14H2,1H3/t17-/m1/s1. The van der Waals surface area contributed by atoms with E-state index >= 15 is 0 Å². The monoisotopic (exact) mass is 466 g/mol. The normalized spacial score (nSPS) is 16.4. The lowest BCUT2D eigenvalue weighted by molar-refractivity contribution is -0.135. The summed E-state index contributed by atoms with van der Waals surface area (Å²) in [5.41, 5.74) is 1.23. The minimum Gasteiger partial charge on any atom is -0.338 e. The topological polar surface area (TPSA) is 98.5 Å². The lowest BCUT2D eigenvalue weighted by atomic mass is 10.00. The van der Waals surface area contributed by atoms with Crippen LogP contribution in [-0.2, 0) is 11.3 Å². The number of nitrogens with zero attached hydrogens (tertiary/aromatic N) is 6. The number of amides is 1. The number of halogens is 1. The lowest BCUT2D eigenvalue weighted by Gasteiger charge is -2.35. The Hall–Kier alpha value is -3.46. The van der Waals surface area contributed by atoms with Gasteiger partial charge in [0, 0.05) is 29.4 Å². The molecule has 1 saturated heterocycles. The number of pyridine rings is 1. The van der Waals surface area contributed by atoms with Crippen molar-refractivity contribution in [2.24, 2.45) is 0 Å². The van der Waals surface area contributed by atoms with Gasteiger partial charge in [-0.3, -0.25) is 4.79 Å². The first-order valence-electron chi connectivity index (χ1n) is 11.0. The van der Waals surface area contributed by atoms with Crippen LogP contribution in [0, 0.1) is 0 Å². The van der Waals surface area contributed by atoms with E-state index in [9.17, 15) is 9.59 Å². The number of rotatable bonds is 5. The van der Waals surface area contributed by atoms with Gasteiger partial charge in [0.2, 0.25) is 11.7 Å². The molecule has 0 unspecified atom stereocenters. The van der Waals surface area contributed by atoms with Crippen LogP contribution >= 0.6 is 11.6 Å². The smallest absolute Gasteiger partial charge is 0.338 e. The summed E-state index contributed by atoms with van der Waals surface area (Å²) in [5, 5.41) is 9.10. The lowest BCUT2D eigenvalue weighted by Crippen LogP contribution is -2.45. The van der Waals surface area contributed by atoms with Crippen LogP contribution in [0.5, 0.6) is 0 Å². The van der Waals surface area contributed by atoms with Crippen LogP contribution in [0.1, 0.15) is 32.6 Å². The summed E-state index contributed by atoms with van der Waals surface area (Å²) in [4.78, 5) is 32.3. The molecule has 1 atom stereocenters. The predicted octanol–water partition coefficient (Wildman–Crippen LogP) is 3.66. The molecular formula is C23H23ClN6O3. The van der Waals surface area contributed by atoms with Gasteiger partial charge >= 0.3 is 5.69 Å². The molecule has 1 aromatic carbocycles. The van der Waals surface area contributed by atoms with Crippen LogP contribution in [0.25, 0.3) is 28.5 Å². The molecule has 0 aliphatic carbocycles. The average molecular weight is 467 g/mol. The molecule has 0 saturated carbocycles. The van der Waals surface area contributed by atoms with Crippen molar-refractivity contribution in [3.63, 3.8) is 0 Å². The molecule has 1 aliphatic heterocycles. The van der Waals surface area contributed by atoms with Gasteiger partial charge in [-0.25, -0.2) is 13.9 Å². The average Bonchev–Trinajstić information content (AvgIpc) is 3.45. The van der Waals surface area contributed by atoms with Gasteiger partial charge in [-0.15, -0.1) is 5.10 Å². The Bertz CT molecular complexity index is 1360. The van der Waals surface area contributed by atoms with Gasteiger partial charge in [-0.2, -0.15) is 4.98 Å². The number of likely N-dealkylation sites (tertiary alicyclic amines) is 1. The Morgan fingerprint density at radius 2 is 2.03 bits per heavy atom. The highest BCUT2D eigenvalue weighted by molar-refractivity contribution is 6.30. The molecule has 5 rings (SSSR count). The fraction of sp³-hybridized carbons (Fsp3) is 0.348. The zero-order chi connectivity index (χ0) is 22.9. The van der Waals surface area contributed by atoms with Gasteiger partial charge < -0.3 is 9.42 Å². The summed E-state index contributed by atoms with van der Waals surface area (Å²) in [5.74, 6) is 0.545. The van der Waals surface area contributed by atoms with Crippen LogP contribution in [0.3, 0.4) is 0 Å². The van der Waals surface area contributed by atoms with Crippen molar-refractivity contribution in [3.05, 3.63) is 58.1 Å². The maximum absolute atomic E-state index is 13.0. The van der Waals surface area contributed by atoms with Gasteiger partial charge in [-0.1, -0.05) is 23.7 Å². The SMILES string of the molecule is CC[C@@H]1CCCCN1C(=O)Cn1nc2c(-c3nc(-c4ccc(Cl)cc4)no3)cccn2c1=O. The maximum atomic E-state index is 13.0. The van der Waals surface area contributed by atoms with Crippen molar-refractivity contribution < 1.29 is 9.32 Å². The maximum Gasteiger partial charge on any atom is 0.350 e. The number of hydrogen-bond acceptors (Lipinski definition) is 6. The molecule has 1 fully saturated rings. The third kappa shape index (κ3) is 4.04. The second-order valence-electron chi connectivity index (χ2n) is 8.13. The summed E-state index contributed by atoms with van der Waals surface area (Å²) >= 11 is 5.95. The summed E-state index contributed by atoms with van der Waals surface area (Å²) in [6.07, 6.45) is 5.63. The minimum absolute atomic E-state index is 0.0866. The number of carbonyl (C=O) groups excluding carboxylic acids is 1. The van der Waals surface area contributed by atoms with E-state index in [-0.39, 0.29) is 30.1 Å². The van der Waals surface area contributed by atoms with Crippen molar-refractivity contribution in [2.45, 2.75) is 45.2 Å². The third-order valence-corrected chi connectivity index (χ3v) is 6.32. The molecule has 4 heterocycles. The molecule has 33 heavy (non-hydrogen) atoms. The van der Waals surface area contributed by atoms with Crippen LogP contribution in [0.4, 0.5) is 0 Å².